The fourth-order valence-electron chi connectivity index (χ4n) is 2.43. The molecule has 0 radical (unpaired) electrons. The van der Waals surface area contributed by atoms with E-state index in [1.807, 2.05) is 24.3 Å². The van der Waals surface area contributed by atoms with Crippen LogP contribution in [0.3, 0.4) is 0 Å². The summed E-state index contributed by atoms with van der Waals surface area (Å²) < 4.78 is 23.8. The third kappa shape index (κ3) is 8.08. The Balaban J connectivity index is 1.81. The second-order valence-electron chi connectivity index (χ2n) is 7.66. The lowest BCUT2D eigenvalue weighted by molar-refractivity contribution is -0.124. The minimum atomic E-state index is -1.11. The minimum absolute atomic E-state index is 0.219. The van der Waals surface area contributed by atoms with Gasteiger partial charge in [0.15, 0.2) is 0 Å². The summed E-state index contributed by atoms with van der Waals surface area (Å²) in [6.45, 7) is 5.05. The third-order valence-electron chi connectivity index (χ3n) is 3.88. The lowest BCUT2D eigenvalue weighted by Crippen LogP contribution is -2.49. The first-order valence-corrected chi connectivity index (χ1v) is 9.50. The Morgan fingerprint density at radius 1 is 1.10 bits per heavy atom. The van der Waals surface area contributed by atoms with Gasteiger partial charge in [0.1, 0.15) is 29.8 Å². The molecule has 0 aromatic heterocycles. The molecule has 0 fully saturated rings. The Hall–Kier alpha value is -3.13. The highest BCUT2D eigenvalue weighted by molar-refractivity contribution is 5.85. The molecule has 2 aromatic rings. The summed E-state index contributed by atoms with van der Waals surface area (Å²) in [4.78, 5) is 24.0. The van der Waals surface area contributed by atoms with E-state index in [1.54, 1.807) is 32.9 Å². The summed E-state index contributed by atoms with van der Waals surface area (Å²) in [5.74, 6) is -0.443. The van der Waals surface area contributed by atoms with Crippen LogP contribution in [0.25, 0.3) is 0 Å². The molecule has 8 heteroatoms. The molecule has 0 aliphatic rings. The highest BCUT2D eigenvalue weighted by Gasteiger charge is 2.23. The van der Waals surface area contributed by atoms with Crippen LogP contribution in [0.2, 0.25) is 0 Å². The lowest BCUT2D eigenvalue weighted by Gasteiger charge is -2.22. The van der Waals surface area contributed by atoms with Crippen molar-refractivity contribution >= 4 is 12.0 Å². The highest BCUT2D eigenvalue weighted by atomic mass is 19.1. The molecule has 1 atom stereocenters. The van der Waals surface area contributed by atoms with E-state index in [0.717, 1.165) is 11.1 Å². The molecule has 0 bridgehead atoms. The zero-order chi connectivity index (χ0) is 22.1. The number of carbonyl (C=O) groups is 2. The van der Waals surface area contributed by atoms with Crippen LogP contribution in [0, 0.1) is 5.82 Å². The van der Waals surface area contributed by atoms with Crippen molar-refractivity contribution < 1.29 is 28.6 Å². The Labute approximate surface area is 175 Å². The van der Waals surface area contributed by atoms with E-state index in [4.69, 9.17) is 9.47 Å². The Morgan fingerprint density at radius 3 is 2.37 bits per heavy atom. The van der Waals surface area contributed by atoms with Gasteiger partial charge in [0.25, 0.3) is 0 Å². The molecule has 30 heavy (non-hydrogen) atoms. The first-order chi connectivity index (χ1) is 14.2. The van der Waals surface area contributed by atoms with Crippen molar-refractivity contribution in [2.24, 2.45) is 0 Å². The van der Waals surface area contributed by atoms with E-state index < -0.39 is 30.3 Å². The van der Waals surface area contributed by atoms with Gasteiger partial charge in [0, 0.05) is 12.6 Å². The maximum Gasteiger partial charge on any atom is 0.408 e. The number of carbonyl (C=O) groups excluding carboxylic acids is 2. The summed E-state index contributed by atoms with van der Waals surface area (Å²) in [6.07, 6.45) is -0.778. The van der Waals surface area contributed by atoms with Gasteiger partial charge in [-0.25, -0.2) is 9.18 Å². The normalized spacial score (nSPS) is 12.0. The predicted molar refractivity (Wildman–Crippen MR) is 109 cm³/mol. The smallest absolute Gasteiger partial charge is 0.408 e. The summed E-state index contributed by atoms with van der Waals surface area (Å²) in [7, 11) is 0. The van der Waals surface area contributed by atoms with Gasteiger partial charge in [-0.2, -0.15) is 0 Å². The largest absolute Gasteiger partial charge is 0.489 e. The maximum atomic E-state index is 13.2. The predicted octanol–water partition coefficient (Wildman–Crippen LogP) is 2.91. The van der Waals surface area contributed by atoms with Crippen molar-refractivity contribution in [3.05, 3.63) is 65.5 Å². The van der Waals surface area contributed by atoms with Crippen LogP contribution >= 0.6 is 0 Å². The molecule has 0 aliphatic heterocycles. The van der Waals surface area contributed by atoms with Gasteiger partial charge in [-0.1, -0.05) is 30.3 Å². The summed E-state index contributed by atoms with van der Waals surface area (Å²) in [6, 6.07) is 12.1. The lowest BCUT2D eigenvalue weighted by atomic mass is 10.1. The number of aliphatic hydroxyl groups excluding tert-OH is 1. The molecule has 3 N–H and O–H groups in total. The molecule has 0 heterocycles. The van der Waals surface area contributed by atoms with E-state index in [-0.39, 0.29) is 19.0 Å². The van der Waals surface area contributed by atoms with Crippen molar-refractivity contribution in [3.63, 3.8) is 0 Å². The maximum absolute atomic E-state index is 13.2. The number of amides is 2. The molecule has 2 amide bonds. The summed E-state index contributed by atoms with van der Waals surface area (Å²) in [5.41, 5.74) is 1.00. The van der Waals surface area contributed by atoms with Crippen LogP contribution < -0.4 is 15.4 Å². The standard InChI is InChI=1S/C22H27FN2O5/c1-22(2,3)30-21(28)25-19(13-26)20(27)24-12-15-7-9-16(10-8-15)14-29-18-6-4-5-17(23)11-18/h4-11,19,26H,12-14H2,1-3H3,(H,24,27)(H,25,28)/t19-/m1/s1. The average molecular weight is 418 g/mol. The van der Waals surface area contributed by atoms with Gasteiger partial charge in [0.05, 0.1) is 6.61 Å². The third-order valence-corrected chi connectivity index (χ3v) is 3.88. The average Bonchev–Trinajstić information content (AvgIpc) is 2.68. The number of rotatable bonds is 8. The molecule has 0 saturated carbocycles. The quantitative estimate of drug-likeness (QED) is 0.613. The number of halogens is 1. The molecule has 162 valence electrons. The second-order valence-corrected chi connectivity index (χ2v) is 7.66. The van der Waals surface area contributed by atoms with Crippen LogP contribution in [0.5, 0.6) is 5.75 Å². The zero-order valence-corrected chi connectivity index (χ0v) is 17.3. The van der Waals surface area contributed by atoms with Gasteiger partial charge in [0.2, 0.25) is 5.91 Å². The highest BCUT2D eigenvalue weighted by Crippen LogP contribution is 2.14. The number of benzene rings is 2. The number of ether oxygens (including phenoxy) is 2. The molecule has 2 aromatic carbocycles. The molecule has 2 rings (SSSR count). The minimum Gasteiger partial charge on any atom is -0.489 e. The van der Waals surface area contributed by atoms with Gasteiger partial charge >= 0.3 is 6.09 Å². The molecule has 7 nitrogen and oxygen atoms in total. The number of hydrogen-bond acceptors (Lipinski definition) is 5. The van der Waals surface area contributed by atoms with Gasteiger partial charge in [-0.05, 0) is 44.0 Å². The second kappa shape index (κ2) is 10.6. The van der Waals surface area contributed by atoms with Gasteiger partial charge < -0.3 is 25.2 Å². The Kier molecular flexibility index (Phi) is 8.17. The first kappa shape index (κ1) is 23.2. The van der Waals surface area contributed by atoms with Crippen LogP contribution in [0.4, 0.5) is 9.18 Å². The Bertz CT molecular complexity index is 849. The van der Waals surface area contributed by atoms with E-state index in [1.165, 1.54) is 12.1 Å². The molecule has 0 aliphatic carbocycles. The van der Waals surface area contributed by atoms with Gasteiger partial charge in [-0.3, -0.25) is 4.79 Å². The topological polar surface area (TPSA) is 96.9 Å². The summed E-state index contributed by atoms with van der Waals surface area (Å²) >= 11 is 0. The zero-order valence-electron chi connectivity index (χ0n) is 17.3. The molecule has 0 spiro atoms. The van der Waals surface area contributed by atoms with Crippen molar-refractivity contribution in [1.29, 1.82) is 0 Å². The van der Waals surface area contributed by atoms with Crippen LogP contribution in [0.15, 0.2) is 48.5 Å². The van der Waals surface area contributed by atoms with Crippen molar-refractivity contribution in [3.8, 4) is 5.75 Å². The number of nitrogens with one attached hydrogen (secondary N) is 2. The van der Waals surface area contributed by atoms with Crippen molar-refractivity contribution in [2.75, 3.05) is 6.61 Å². The van der Waals surface area contributed by atoms with E-state index in [0.29, 0.717) is 5.75 Å². The molecular formula is C22H27FN2O5. The van der Waals surface area contributed by atoms with E-state index in [9.17, 15) is 19.1 Å². The fourth-order valence-corrected chi connectivity index (χ4v) is 2.43. The summed E-state index contributed by atoms with van der Waals surface area (Å²) in [5, 5.41) is 14.4. The Morgan fingerprint density at radius 2 is 1.77 bits per heavy atom. The van der Waals surface area contributed by atoms with Crippen LogP contribution in [-0.4, -0.2) is 35.4 Å². The van der Waals surface area contributed by atoms with Crippen LogP contribution in [0.1, 0.15) is 31.9 Å². The van der Waals surface area contributed by atoms with E-state index in [2.05, 4.69) is 10.6 Å². The molecule has 0 unspecified atom stereocenters. The van der Waals surface area contributed by atoms with Crippen molar-refractivity contribution in [1.82, 2.24) is 10.6 Å². The van der Waals surface area contributed by atoms with Crippen molar-refractivity contribution in [2.45, 2.75) is 45.6 Å². The van der Waals surface area contributed by atoms with Crippen LogP contribution in [-0.2, 0) is 22.7 Å². The number of aliphatic hydroxyl groups is 1. The SMILES string of the molecule is CC(C)(C)OC(=O)N[C@H](CO)C(=O)NCc1ccc(COc2cccc(F)c2)cc1. The molecular weight excluding hydrogens is 391 g/mol. The first-order valence-electron chi connectivity index (χ1n) is 9.50. The molecule has 0 saturated heterocycles. The number of alkyl carbamates (subject to hydrolysis) is 1. The number of hydrogen-bond donors (Lipinski definition) is 3. The monoisotopic (exact) mass is 418 g/mol. The van der Waals surface area contributed by atoms with E-state index >= 15 is 0 Å². The fraction of sp³-hybridized carbons (Fsp3) is 0.364. The van der Waals surface area contributed by atoms with Gasteiger partial charge in [-0.15, -0.1) is 0 Å².